The van der Waals surface area contributed by atoms with Gasteiger partial charge in [0.2, 0.25) is 0 Å². The van der Waals surface area contributed by atoms with Gasteiger partial charge in [-0.15, -0.1) is 0 Å². The standard InChI is InChI=1S/C17H17ClFN/c1-11-4-2-3-5-15(11)12-8-14(9-12)20-17-10-13(19)6-7-16(17)18/h2-7,10,12,14,20H,8-9H2,1H3. The van der Waals surface area contributed by atoms with Crippen molar-refractivity contribution < 1.29 is 4.39 Å². The average Bonchev–Trinajstić information content (AvgIpc) is 2.38. The van der Waals surface area contributed by atoms with Crippen molar-refractivity contribution in [3.63, 3.8) is 0 Å². The zero-order valence-corrected chi connectivity index (χ0v) is 12.1. The van der Waals surface area contributed by atoms with Crippen LogP contribution in [0, 0.1) is 12.7 Å². The summed E-state index contributed by atoms with van der Waals surface area (Å²) in [7, 11) is 0. The summed E-state index contributed by atoms with van der Waals surface area (Å²) in [5, 5.41) is 3.91. The highest BCUT2D eigenvalue weighted by Crippen LogP contribution is 2.40. The van der Waals surface area contributed by atoms with Gasteiger partial charge < -0.3 is 5.32 Å². The molecule has 0 aliphatic heterocycles. The lowest BCUT2D eigenvalue weighted by Crippen LogP contribution is -2.34. The molecule has 0 atom stereocenters. The third kappa shape index (κ3) is 2.66. The maximum Gasteiger partial charge on any atom is 0.125 e. The molecule has 0 heterocycles. The Balaban J connectivity index is 1.64. The van der Waals surface area contributed by atoms with Crippen molar-refractivity contribution in [2.45, 2.75) is 31.7 Å². The average molecular weight is 290 g/mol. The van der Waals surface area contributed by atoms with E-state index in [0.717, 1.165) is 12.8 Å². The molecule has 0 amide bonds. The van der Waals surface area contributed by atoms with E-state index in [9.17, 15) is 4.39 Å². The molecule has 20 heavy (non-hydrogen) atoms. The van der Waals surface area contributed by atoms with Gasteiger partial charge in [0, 0.05) is 6.04 Å². The first-order valence-corrected chi connectivity index (χ1v) is 7.28. The topological polar surface area (TPSA) is 12.0 Å². The van der Waals surface area contributed by atoms with E-state index in [1.165, 1.54) is 23.3 Å². The van der Waals surface area contributed by atoms with Crippen molar-refractivity contribution in [1.29, 1.82) is 0 Å². The Labute approximate surface area is 123 Å². The second-order valence-electron chi connectivity index (χ2n) is 5.49. The lowest BCUT2D eigenvalue weighted by Gasteiger charge is -2.37. The van der Waals surface area contributed by atoms with Gasteiger partial charge in [-0.05, 0) is 55.0 Å². The van der Waals surface area contributed by atoms with Crippen molar-refractivity contribution in [3.05, 3.63) is 64.4 Å². The number of nitrogens with one attached hydrogen (secondary N) is 1. The summed E-state index contributed by atoms with van der Waals surface area (Å²) in [6.45, 7) is 2.15. The van der Waals surface area contributed by atoms with Crippen LogP contribution in [0.5, 0.6) is 0 Å². The smallest absolute Gasteiger partial charge is 0.125 e. The second kappa shape index (κ2) is 5.45. The summed E-state index contributed by atoms with van der Waals surface area (Å²) in [4.78, 5) is 0. The highest BCUT2D eigenvalue weighted by Gasteiger charge is 2.31. The van der Waals surface area contributed by atoms with Gasteiger partial charge in [-0.2, -0.15) is 0 Å². The molecule has 2 aromatic rings. The summed E-state index contributed by atoms with van der Waals surface area (Å²) < 4.78 is 13.2. The normalized spacial score (nSPS) is 21.4. The summed E-state index contributed by atoms with van der Waals surface area (Å²) in [6.07, 6.45) is 2.13. The fourth-order valence-electron chi connectivity index (χ4n) is 2.86. The van der Waals surface area contributed by atoms with Gasteiger partial charge >= 0.3 is 0 Å². The number of benzene rings is 2. The zero-order chi connectivity index (χ0) is 14.1. The van der Waals surface area contributed by atoms with Crippen molar-refractivity contribution in [2.75, 3.05) is 5.32 Å². The van der Waals surface area contributed by atoms with Gasteiger partial charge in [0.15, 0.2) is 0 Å². The molecule has 1 nitrogen and oxygen atoms in total. The molecule has 3 rings (SSSR count). The van der Waals surface area contributed by atoms with Crippen LogP contribution in [0.2, 0.25) is 5.02 Å². The van der Waals surface area contributed by atoms with E-state index in [0.29, 0.717) is 22.7 Å². The first-order valence-electron chi connectivity index (χ1n) is 6.90. The lowest BCUT2D eigenvalue weighted by molar-refractivity contribution is 0.373. The predicted octanol–water partition coefficient (Wildman–Crippen LogP) is 5.15. The van der Waals surface area contributed by atoms with Crippen LogP contribution in [0.4, 0.5) is 10.1 Å². The summed E-state index contributed by atoms with van der Waals surface area (Å²) in [6, 6.07) is 13.3. The molecular weight excluding hydrogens is 273 g/mol. The van der Waals surface area contributed by atoms with E-state index < -0.39 is 0 Å². The zero-order valence-electron chi connectivity index (χ0n) is 11.4. The van der Waals surface area contributed by atoms with Crippen molar-refractivity contribution in [2.24, 2.45) is 0 Å². The van der Waals surface area contributed by atoms with Crippen molar-refractivity contribution in [3.8, 4) is 0 Å². The monoisotopic (exact) mass is 289 g/mol. The van der Waals surface area contributed by atoms with Crippen molar-refractivity contribution in [1.82, 2.24) is 0 Å². The quantitative estimate of drug-likeness (QED) is 0.824. The summed E-state index contributed by atoms with van der Waals surface area (Å²) >= 11 is 6.07. The van der Waals surface area contributed by atoms with Crippen LogP contribution in [-0.2, 0) is 0 Å². The van der Waals surface area contributed by atoms with Crippen LogP contribution in [-0.4, -0.2) is 6.04 Å². The first-order chi connectivity index (χ1) is 9.63. The molecule has 1 N–H and O–H groups in total. The highest BCUT2D eigenvalue weighted by atomic mass is 35.5. The van der Waals surface area contributed by atoms with Gasteiger partial charge in [-0.3, -0.25) is 0 Å². The van der Waals surface area contributed by atoms with Crippen LogP contribution in [0.3, 0.4) is 0 Å². The molecule has 0 unspecified atom stereocenters. The third-order valence-corrected chi connectivity index (χ3v) is 4.38. The lowest BCUT2D eigenvalue weighted by atomic mass is 9.74. The Morgan fingerprint density at radius 2 is 1.90 bits per heavy atom. The molecule has 0 saturated heterocycles. The van der Waals surface area contributed by atoms with E-state index in [4.69, 9.17) is 11.6 Å². The van der Waals surface area contributed by atoms with Gasteiger partial charge in [0.1, 0.15) is 5.82 Å². The minimum Gasteiger partial charge on any atom is -0.381 e. The fourth-order valence-corrected chi connectivity index (χ4v) is 3.03. The number of anilines is 1. The molecule has 0 aromatic heterocycles. The van der Waals surface area contributed by atoms with Crippen LogP contribution in [0.15, 0.2) is 42.5 Å². The Morgan fingerprint density at radius 1 is 1.15 bits per heavy atom. The Morgan fingerprint density at radius 3 is 2.65 bits per heavy atom. The molecule has 0 bridgehead atoms. The largest absolute Gasteiger partial charge is 0.381 e. The van der Waals surface area contributed by atoms with Gasteiger partial charge in [-0.1, -0.05) is 35.9 Å². The van der Waals surface area contributed by atoms with Crippen LogP contribution in [0.25, 0.3) is 0 Å². The van der Waals surface area contributed by atoms with E-state index in [2.05, 4.69) is 36.5 Å². The molecule has 2 aromatic carbocycles. The molecule has 104 valence electrons. The Hall–Kier alpha value is -1.54. The predicted molar refractivity (Wildman–Crippen MR) is 82.0 cm³/mol. The maximum absolute atomic E-state index is 13.2. The summed E-state index contributed by atoms with van der Waals surface area (Å²) in [5.41, 5.74) is 3.47. The molecular formula is C17H17ClFN. The third-order valence-electron chi connectivity index (χ3n) is 4.05. The van der Waals surface area contributed by atoms with Crippen LogP contribution >= 0.6 is 11.6 Å². The number of rotatable bonds is 3. The minimum atomic E-state index is -0.258. The molecule has 1 aliphatic rings. The molecule has 0 spiro atoms. The highest BCUT2D eigenvalue weighted by molar-refractivity contribution is 6.33. The minimum absolute atomic E-state index is 0.258. The molecule has 1 saturated carbocycles. The SMILES string of the molecule is Cc1ccccc1C1CC(Nc2cc(F)ccc2Cl)C1. The van der Waals surface area contributed by atoms with Gasteiger partial charge in [-0.25, -0.2) is 4.39 Å². The number of aryl methyl sites for hydroxylation is 1. The van der Waals surface area contributed by atoms with Crippen LogP contribution in [0.1, 0.15) is 29.9 Å². The summed E-state index contributed by atoms with van der Waals surface area (Å²) in [5.74, 6) is 0.340. The number of hydrogen-bond acceptors (Lipinski definition) is 1. The molecule has 1 aliphatic carbocycles. The molecule has 3 heteroatoms. The molecule has 0 radical (unpaired) electrons. The molecule has 1 fully saturated rings. The second-order valence-corrected chi connectivity index (χ2v) is 5.90. The van der Waals surface area contributed by atoms with Gasteiger partial charge in [0.05, 0.1) is 10.7 Å². The van der Waals surface area contributed by atoms with Gasteiger partial charge in [0.25, 0.3) is 0 Å². The number of halogens is 2. The Kier molecular flexibility index (Phi) is 3.66. The Bertz CT molecular complexity index is 620. The van der Waals surface area contributed by atoms with E-state index >= 15 is 0 Å². The first kappa shape index (κ1) is 13.4. The van der Waals surface area contributed by atoms with E-state index in [1.807, 2.05) is 0 Å². The fraction of sp³-hybridized carbons (Fsp3) is 0.294. The van der Waals surface area contributed by atoms with E-state index in [-0.39, 0.29) is 5.82 Å². The van der Waals surface area contributed by atoms with Crippen LogP contribution < -0.4 is 5.32 Å². The van der Waals surface area contributed by atoms with Crippen molar-refractivity contribution >= 4 is 17.3 Å². The number of hydrogen-bond donors (Lipinski definition) is 1. The maximum atomic E-state index is 13.2. The van der Waals surface area contributed by atoms with E-state index in [1.54, 1.807) is 6.07 Å².